The van der Waals surface area contributed by atoms with Gasteiger partial charge in [0.2, 0.25) is 0 Å². The van der Waals surface area contributed by atoms with Gasteiger partial charge in [-0.15, -0.1) is 11.3 Å². The molecule has 0 bridgehead atoms. The summed E-state index contributed by atoms with van der Waals surface area (Å²) in [5.74, 6) is 2.12. The van der Waals surface area contributed by atoms with Gasteiger partial charge in [0.1, 0.15) is 16.5 Å². The molecule has 2 aromatic heterocycles. The highest BCUT2D eigenvalue weighted by Crippen LogP contribution is 2.36. The van der Waals surface area contributed by atoms with Gasteiger partial charge in [0.05, 0.1) is 5.02 Å². The van der Waals surface area contributed by atoms with Crippen LogP contribution in [0.4, 0.5) is 5.82 Å². The highest BCUT2D eigenvalue weighted by atomic mass is 35.5. The molecule has 0 unspecified atom stereocenters. The van der Waals surface area contributed by atoms with Crippen molar-refractivity contribution in [3.05, 3.63) is 51.7 Å². The number of fused-ring (bicyclic) bond motifs is 1. The zero-order chi connectivity index (χ0) is 19.8. The molecule has 0 radical (unpaired) electrons. The maximum absolute atomic E-state index is 13.0. The summed E-state index contributed by atoms with van der Waals surface area (Å²) in [5, 5.41) is 1.52. The normalized spacial score (nSPS) is 14.9. The summed E-state index contributed by atoms with van der Waals surface area (Å²) < 4.78 is 1.05. The molecule has 146 valence electrons. The molecule has 1 aliphatic heterocycles. The van der Waals surface area contributed by atoms with Crippen molar-refractivity contribution in [2.24, 2.45) is 0 Å². The molecule has 0 N–H and O–H groups in total. The Kier molecular flexibility index (Phi) is 5.25. The monoisotopic (exact) mass is 414 g/mol. The average molecular weight is 415 g/mol. The molecule has 7 heteroatoms. The number of piperazine rings is 1. The second-order valence-electron chi connectivity index (χ2n) is 7.40. The van der Waals surface area contributed by atoms with Crippen LogP contribution < -0.4 is 4.90 Å². The second kappa shape index (κ2) is 7.68. The Balaban J connectivity index is 1.49. The predicted octanol–water partition coefficient (Wildman–Crippen LogP) is 4.74. The van der Waals surface area contributed by atoms with Crippen molar-refractivity contribution >= 4 is 44.7 Å². The standard InChI is InChI=1S/C21H23ClN4OS/c1-13(2)20-23-14(3)12-17(24-20)25-8-10-26(11-9-25)21(27)19-18(22)15-6-4-5-7-16(15)28-19/h4-7,12-13H,8-11H2,1-3H3. The number of carbonyl (C=O) groups is 1. The van der Waals surface area contributed by atoms with E-state index in [1.165, 1.54) is 11.3 Å². The summed E-state index contributed by atoms with van der Waals surface area (Å²) in [7, 11) is 0. The van der Waals surface area contributed by atoms with Gasteiger partial charge in [-0.05, 0) is 13.0 Å². The molecule has 0 saturated carbocycles. The first-order valence-corrected chi connectivity index (χ1v) is 10.7. The highest BCUT2D eigenvalue weighted by molar-refractivity contribution is 7.21. The molecule has 3 aromatic rings. The first-order valence-electron chi connectivity index (χ1n) is 9.51. The maximum Gasteiger partial charge on any atom is 0.265 e. The van der Waals surface area contributed by atoms with Crippen LogP contribution in [0.5, 0.6) is 0 Å². The minimum atomic E-state index is 0.0209. The van der Waals surface area contributed by atoms with Gasteiger partial charge in [0.25, 0.3) is 5.91 Å². The Labute approximate surface area is 174 Å². The largest absolute Gasteiger partial charge is 0.353 e. The molecule has 3 heterocycles. The van der Waals surface area contributed by atoms with E-state index in [-0.39, 0.29) is 11.8 Å². The van der Waals surface area contributed by atoms with Gasteiger partial charge in [-0.1, -0.05) is 43.6 Å². The first-order chi connectivity index (χ1) is 13.4. The number of aryl methyl sites for hydroxylation is 1. The van der Waals surface area contributed by atoms with Crippen LogP contribution in [0.1, 0.15) is 41.0 Å². The van der Waals surface area contributed by atoms with E-state index in [1.54, 1.807) is 0 Å². The first kappa shape index (κ1) is 19.2. The summed E-state index contributed by atoms with van der Waals surface area (Å²) >= 11 is 7.97. The van der Waals surface area contributed by atoms with E-state index in [0.717, 1.165) is 40.5 Å². The molecule has 0 aliphatic carbocycles. The summed E-state index contributed by atoms with van der Waals surface area (Å²) in [5.41, 5.74) is 0.976. The summed E-state index contributed by atoms with van der Waals surface area (Å²) in [4.78, 5) is 27.0. The van der Waals surface area contributed by atoms with Gasteiger partial charge in [-0.3, -0.25) is 4.79 Å². The van der Waals surface area contributed by atoms with Gasteiger partial charge in [0, 0.05) is 53.9 Å². The third-order valence-corrected chi connectivity index (χ3v) is 6.66. The molecule has 1 aromatic carbocycles. The van der Waals surface area contributed by atoms with Gasteiger partial charge in [-0.2, -0.15) is 0 Å². The molecule has 1 aliphatic rings. The third-order valence-electron chi connectivity index (χ3n) is 4.99. The Morgan fingerprint density at radius 3 is 2.54 bits per heavy atom. The molecule has 28 heavy (non-hydrogen) atoms. The molecular formula is C21H23ClN4OS. The Morgan fingerprint density at radius 2 is 1.86 bits per heavy atom. The van der Waals surface area contributed by atoms with Crippen molar-refractivity contribution in [3.8, 4) is 0 Å². The highest BCUT2D eigenvalue weighted by Gasteiger charge is 2.26. The quantitative estimate of drug-likeness (QED) is 0.621. The fourth-order valence-corrected chi connectivity index (χ4v) is 4.91. The van der Waals surface area contributed by atoms with Crippen LogP contribution in [0.15, 0.2) is 30.3 Å². The Morgan fingerprint density at radius 1 is 1.14 bits per heavy atom. The van der Waals surface area contributed by atoms with Gasteiger partial charge in [-0.25, -0.2) is 9.97 Å². The SMILES string of the molecule is Cc1cc(N2CCN(C(=O)c3sc4ccccc4c3Cl)CC2)nc(C(C)C)n1. The molecule has 4 rings (SSSR count). The van der Waals surface area contributed by atoms with E-state index in [0.29, 0.717) is 23.0 Å². The maximum atomic E-state index is 13.0. The molecule has 0 atom stereocenters. The number of hydrogen-bond donors (Lipinski definition) is 0. The lowest BCUT2D eigenvalue weighted by Crippen LogP contribution is -2.49. The molecule has 5 nitrogen and oxygen atoms in total. The van der Waals surface area contributed by atoms with Gasteiger partial charge in [0.15, 0.2) is 0 Å². The minimum Gasteiger partial charge on any atom is -0.353 e. The minimum absolute atomic E-state index is 0.0209. The van der Waals surface area contributed by atoms with Crippen LogP contribution in [0.25, 0.3) is 10.1 Å². The second-order valence-corrected chi connectivity index (χ2v) is 8.83. The van der Waals surface area contributed by atoms with E-state index in [4.69, 9.17) is 16.6 Å². The Hall–Kier alpha value is -2.18. The molecular weight excluding hydrogens is 392 g/mol. The smallest absolute Gasteiger partial charge is 0.265 e. The van der Waals surface area contributed by atoms with Crippen molar-refractivity contribution in [1.82, 2.24) is 14.9 Å². The number of carbonyl (C=O) groups excluding carboxylic acids is 1. The van der Waals surface area contributed by atoms with Crippen LogP contribution in [0, 0.1) is 6.92 Å². The van der Waals surface area contributed by atoms with Crippen molar-refractivity contribution in [2.75, 3.05) is 31.1 Å². The summed E-state index contributed by atoms with van der Waals surface area (Å²) in [6, 6.07) is 9.91. The number of anilines is 1. The van der Waals surface area contributed by atoms with E-state index in [9.17, 15) is 4.79 Å². The molecule has 1 amide bonds. The number of hydrogen-bond acceptors (Lipinski definition) is 5. The zero-order valence-corrected chi connectivity index (χ0v) is 17.8. The number of rotatable bonds is 3. The summed E-state index contributed by atoms with van der Waals surface area (Å²) in [6.45, 7) is 9.02. The van der Waals surface area contributed by atoms with Crippen molar-refractivity contribution in [1.29, 1.82) is 0 Å². The fraction of sp³-hybridized carbons (Fsp3) is 0.381. The van der Waals surface area contributed by atoms with Gasteiger partial charge < -0.3 is 9.80 Å². The third kappa shape index (κ3) is 3.59. The van der Waals surface area contributed by atoms with Crippen molar-refractivity contribution < 1.29 is 4.79 Å². The van der Waals surface area contributed by atoms with Gasteiger partial charge >= 0.3 is 0 Å². The Bertz CT molecular complexity index is 1020. The number of aromatic nitrogens is 2. The van der Waals surface area contributed by atoms with Crippen LogP contribution >= 0.6 is 22.9 Å². The van der Waals surface area contributed by atoms with Crippen LogP contribution in [0.3, 0.4) is 0 Å². The lowest BCUT2D eigenvalue weighted by Gasteiger charge is -2.35. The van der Waals surface area contributed by atoms with E-state index in [1.807, 2.05) is 42.2 Å². The lowest BCUT2D eigenvalue weighted by atomic mass is 10.2. The van der Waals surface area contributed by atoms with Crippen molar-refractivity contribution in [2.45, 2.75) is 26.7 Å². The molecule has 1 fully saturated rings. The average Bonchev–Trinajstić information content (AvgIpc) is 3.04. The topological polar surface area (TPSA) is 49.3 Å². The van der Waals surface area contributed by atoms with E-state index in [2.05, 4.69) is 23.7 Å². The zero-order valence-electron chi connectivity index (χ0n) is 16.3. The number of amides is 1. The van der Waals surface area contributed by atoms with E-state index >= 15 is 0 Å². The summed E-state index contributed by atoms with van der Waals surface area (Å²) in [6.07, 6.45) is 0. The number of halogens is 1. The predicted molar refractivity (Wildman–Crippen MR) is 116 cm³/mol. The number of thiophene rings is 1. The molecule has 1 saturated heterocycles. The fourth-order valence-electron chi connectivity index (χ4n) is 3.43. The number of nitrogens with zero attached hydrogens (tertiary/aromatic N) is 4. The van der Waals surface area contributed by atoms with Crippen molar-refractivity contribution in [3.63, 3.8) is 0 Å². The van der Waals surface area contributed by atoms with Crippen LogP contribution in [-0.2, 0) is 0 Å². The lowest BCUT2D eigenvalue weighted by molar-refractivity contribution is 0.0751. The van der Waals surface area contributed by atoms with Crippen LogP contribution in [-0.4, -0.2) is 47.0 Å². The van der Waals surface area contributed by atoms with Crippen LogP contribution in [0.2, 0.25) is 5.02 Å². The number of benzene rings is 1. The van der Waals surface area contributed by atoms with E-state index < -0.39 is 0 Å². The molecule has 0 spiro atoms.